The maximum absolute atomic E-state index is 13.8. The molecule has 3 aromatic rings. The second-order valence-corrected chi connectivity index (χ2v) is 12.4. The molecule has 0 saturated carbocycles. The minimum atomic E-state index is -0.965. The molecule has 44 heavy (non-hydrogen) atoms. The molecule has 0 aromatic heterocycles. The summed E-state index contributed by atoms with van der Waals surface area (Å²) in [6, 6.07) is 23.4. The lowest BCUT2D eigenvalue weighted by atomic mass is 9.68. The van der Waals surface area contributed by atoms with E-state index in [1.165, 1.54) is 4.90 Å². The summed E-state index contributed by atoms with van der Waals surface area (Å²) in [6.07, 6.45) is 3.83. The Hall–Kier alpha value is -3.72. The van der Waals surface area contributed by atoms with Crippen LogP contribution in [0.2, 0.25) is 0 Å². The number of halogens is 1. The molecule has 1 fully saturated rings. The number of benzene rings is 3. The number of carbonyl (C=O) groups excluding carboxylic acids is 2. The molecule has 0 spiro atoms. The summed E-state index contributed by atoms with van der Waals surface area (Å²) < 4.78 is 6.96. The van der Waals surface area contributed by atoms with Crippen molar-refractivity contribution in [2.24, 2.45) is 17.8 Å². The van der Waals surface area contributed by atoms with Crippen LogP contribution in [0, 0.1) is 17.8 Å². The van der Waals surface area contributed by atoms with E-state index < -0.39 is 23.9 Å². The number of aromatic hydroxyl groups is 1. The van der Waals surface area contributed by atoms with E-state index in [1.54, 1.807) is 36.4 Å². The summed E-state index contributed by atoms with van der Waals surface area (Å²) in [5, 5.41) is 32.9. The zero-order chi connectivity index (χ0) is 31.2. The normalized spacial score (nSPS) is 21.0. The number of phenols is 1. The number of fused-ring (bicyclic) bond motifs is 1. The van der Waals surface area contributed by atoms with Gasteiger partial charge in [-0.1, -0.05) is 77.3 Å². The van der Waals surface area contributed by atoms with Gasteiger partial charge in [-0.2, -0.15) is 0 Å². The maximum Gasteiger partial charge on any atom is 0.238 e. The van der Waals surface area contributed by atoms with Crippen molar-refractivity contribution in [1.82, 2.24) is 0 Å². The van der Waals surface area contributed by atoms with Gasteiger partial charge in [-0.25, -0.2) is 0 Å². The van der Waals surface area contributed by atoms with Crippen molar-refractivity contribution in [2.45, 2.75) is 45.1 Å². The Labute approximate surface area is 266 Å². The number of hydrogen-bond donors (Lipinski definition) is 3. The number of rotatable bonds is 12. The van der Waals surface area contributed by atoms with Gasteiger partial charge >= 0.3 is 0 Å². The van der Waals surface area contributed by atoms with E-state index in [0.29, 0.717) is 35.4 Å². The summed E-state index contributed by atoms with van der Waals surface area (Å²) in [5.41, 5.74) is 3.59. The molecule has 0 unspecified atom stereocenters. The number of nitrogens with zero attached hydrogens (tertiary/aromatic N) is 1. The quantitative estimate of drug-likeness (QED) is 0.148. The fraction of sp³-hybridized carbons (Fsp3) is 0.333. The summed E-state index contributed by atoms with van der Waals surface area (Å²) >= 11 is 3.47. The van der Waals surface area contributed by atoms with Gasteiger partial charge in [0.25, 0.3) is 0 Å². The number of ether oxygens (including phenoxy) is 1. The SMILES string of the molecule is CCC/C(=C\c1cc(Br)ccc1O)CC[C@@H](O)C1=C(COc2ccccc2)C[C@H]2C(=O)N(c3ccccc3)C(=O)[C@H]2[C@H]1CO. The predicted octanol–water partition coefficient (Wildman–Crippen LogP) is 6.67. The van der Waals surface area contributed by atoms with Crippen LogP contribution < -0.4 is 9.64 Å². The number of amides is 2. The molecule has 1 heterocycles. The minimum absolute atomic E-state index is 0.131. The highest BCUT2D eigenvalue weighted by atomic mass is 79.9. The van der Waals surface area contributed by atoms with Crippen molar-refractivity contribution in [3.63, 3.8) is 0 Å². The van der Waals surface area contributed by atoms with Crippen LogP contribution in [0.15, 0.2) is 100 Å². The molecule has 2 amide bonds. The highest BCUT2D eigenvalue weighted by Crippen LogP contribution is 2.47. The van der Waals surface area contributed by atoms with Gasteiger partial charge in [0.2, 0.25) is 11.8 Å². The van der Waals surface area contributed by atoms with Crippen LogP contribution in [0.4, 0.5) is 5.69 Å². The van der Waals surface area contributed by atoms with E-state index in [-0.39, 0.29) is 37.2 Å². The molecule has 5 rings (SSSR count). The smallest absolute Gasteiger partial charge is 0.238 e. The Bertz CT molecular complexity index is 1540. The number of phenolic OH excluding ortho intramolecular Hbond substituents is 1. The molecule has 7 nitrogen and oxygen atoms in total. The first kappa shape index (κ1) is 31.7. The van der Waals surface area contributed by atoms with Crippen LogP contribution in [0.1, 0.15) is 44.6 Å². The maximum atomic E-state index is 13.8. The Morgan fingerprint density at radius 1 is 1.02 bits per heavy atom. The third-order valence-corrected chi connectivity index (χ3v) is 9.06. The molecule has 1 aliphatic heterocycles. The number of aliphatic hydroxyl groups is 2. The largest absolute Gasteiger partial charge is 0.507 e. The van der Waals surface area contributed by atoms with Crippen LogP contribution in [-0.2, 0) is 9.59 Å². The van der Waals surface area contributed by atoms with Crippen LogP contribution >= 0.6 is 15.9 Å². The van der Waals surface area contributed by atoms with E-state index in [0.717, 1.165) is 28.5 Å². The minimum Gasteiger partial charge on any atom is -0.507 e. The summed E-state index contributed by atoms with van der Waals surface area (Å²) in [5.74, 6) is -1.97. The lowest BCUT2D eigenvalue weighted by Gasteiger charge is -2.36. The number of para-hydroxylation sites is 2. The summed E-state index contributed by atoms with van der Waals surface area (Å²) in [4.78, 5) is 28.7. The molecule has 4 atom stereocenters. The number of carbonyl (C=O) groups is 2. The van der Waals surface area contributed by atoms with Crippen LogP contribution in [-0.4, -0.2) is 46.5 Å². The molecule has 2 aliphatic rings. The molecule has 3 N–H and O–H groups in total. The standard InChI is InChI=1S/C36H38BrNO6/c1-2-9-23(18-24-19-26(37)15-17-31(24)40)14-16-32(41)33-25(22-44-28-12-7-4-8-13-28)20-29-34(30(33)21-39)36(43)38(35(29)42)27-10-5-3-6-11-27/h3-8,10-13,15,17-19,29-30,32,34,39-41H,2,9,14,16,20-22H2,1H3/b23-18+/t29-,30+,32-,34-/m1/s1. The van der Waals surface area contributed by atoms with Crippen molar-refractivity contribution in [3.8, 4) is 11.5 Å². The lowest BCUT2D eigenvalue weighted by molar-refractivity contribution is -0.123. The van der Waals surface area contributed by atoms with Crippen LogP contribution in [0.25, 0.3) is 6.08 Å². The van der Waals surface area contributed by atoms with E-state index in [9.17, 15) is 24.9 Å². The van der Waals surface area contributed by atoms with Gasteiger partial charge in [0, 0.05) is 16.0 Å². The van der Waals surface area contributed by atoms with E-state index in [1.807, 2.05) is 48.5 Å². The van der Waals surface area contributed by atoms with Gasteiger partial charge in [-0.3, -0.25) is 14.5 Å². The Morgan fingerprint density at radius 3 is 2.41 bits per heavy atom. The fourth-order valence-corrected chi connectivity index (χ4v) is 6.92. The van der Waals surface area contributed by atoms with Gasteiger partial charge in [-0.05, 0) is 79.3 Å². The van der Waals surface area contributed by atoms with Crippen molar-refractivity contribution in [3.05, 3.63) is 106 Å². The van der Waals surface area contributed by atoms with Gasteiger partial charge in [-0.15, -0.1) is 0 Å². The fourth-order valence-electron chi connectivity index (χ4n) is 6.54. The number of allylic oxidation sites excluding steroid dienone is 1. The number of hydrogen-bond acceptors (Lipinski definition) is 6. The third-order valence-electron chi connectivity index (χ3n) is 8.57. The first-order valence-electron chi connectivity index (χ1n) is 15.1. The number of imide groups is 1. The molecule has 3 aromatic carbocycles. The molecule has 1 saturated heterocycles. The molecular weight excluding hydrogens is 622 g/mol. The van der Waals surface area contributed by atoms with Gasteiger partial charge in [0.05, 0.1) is 30.2 Å². The zero-order valence-corrected chi connectivity index (χ0v) is 26.3. The lowest BCUT2D eigenvalue weighted by Crippen LogP contribution is -2.40. The number of anilines is 1. The molecule has 8 heteroatoms. The summed E-state index contributed by atoms with van der Waals surface area (Å²) in [7, 11) is 0. The van der Waals surface area contributed by atoms with E-state index in [2.05, 4.69) is 22.9 Å². The van der Waals surface area contributed by atoms with Crippen LogP contribution in [0.5, 0.6) is 11.5 Å². The van der Waals surface area contributed by atoms with Gasteiger partial charge in [0.15, 0.2) is 0 Å². The Kier molecular flexibility index (Phi) is 10.4. The van der Waals surface area contributed by atoms with Crippen molar-refractivity contribution in [1.29, 1.82) is 0 Å². The van der Waals surface area contributed by atoms with Crippen molar-refractivity contribution in [2.75, 3.05) is 18.1 Å². The monoisotopic (exact) mass is 659 g/mol. The van der Waals surface area contributed by atoms with Gasteiger partial charge < -0.3 is 20.1 Å². The molecule has 230 valence electrons. The van der Waals surface area contributed by atoms with E-state index in [4.69, 9.17) is 4.74 Å². The van der Waals surface area contributed by atoms with Crippen molar-refractivity contribution < 1.29 is 29.6 Å². The van der Waals surface area contributed by atoms with Crippen molar-refractivity contribution >= 4 is 39.5 Å². The Morgan fingerprint density at radius 2 is 1.73 bits per heavy atom. The van der Waals surface area contributed by atoms with Gasteiger partial charge in [0.1, 0.15) is 18.1 Å². The third kappa shape index (κ3) is 6.83. The molecule has 0 bridgehead atoms. The van der Waals surface area contributed by atoms with Crippen LogP contribution in [0.3, 0.4) is 0 Å². The second-order valence-electron chi connectivity index (χ2n) is 11.4. The number of aliphatic hydroxyl groups excluding tert-OH is 2. The average Bonchev–Trinajstić information content (AvgIpc) is 3.29. The zero-order valence-electron chi connectivity index (χ0n) is 24.7. The predicted molar refractivity (Wildman–Crippen MR) is 174 cm³/mol. The molecular formula is C36H38BrNO6. The first-order valence-corrected chi connectivity index (χ1v) is 15.9. The molecule has 1 aliphatic carbocycles. The highest BCUT2D eigenvalue weighted by Gasteiger charge is 2.55. The second kappa shape index (κ2) is 14.4. The van der Waals surface area contributed by atoms with E-state index >= 15 is 0 Å². The Balaban J connectivity index is 1.46. The topological polar surface area (TPSA) is 107 Å². The average molecular weight is 661 g/mol. The highest BCUT2D eigenvalue weighted by molar-refractivity contribution is 9.10. The summed E-state index contributed by atoms with van der Waals surface area (Å²) in [6.45, 7) is 1.83. The molecule has 0 radical (unpaired) electrons. The first-order chi connectivity index (χ1) is 21.3.